The van der Waals surface area contributed by atoms with Crippen LogP contribution in [0.25, 0.3) is 33.3 Å². The summed E-state index contributed by atoms with van der Waals surface area (Å²) >= 11 is 0. The van der Waals surface area contributed by atoms with Crippen molar-refractivity contribution in [3.63, 3.8) is 0 Å². The fourth-order valence-corrected chi connectivity index (χ4v) is 3.60. The number of nitrogens with zero attached hydrogens (tertiary/aromatic N) is 2. The van der Waals surface area contributed by atoms with Crippen LogP contribution in [-0.4, -0.2) is 4.98 Å². The Labute approximate surface area is 154 Å². The molecule has 0 N–H and O–H groups in total. The van der Waals surface area contributed by atoms with Crippen LogP contribution in [0.4, 0.5) is 0 Å². The summed E-state index contributed by atoms with van der Waals surface area (Å²) in [6.07, 6.45) is 3.00. The summed E-state index contributed by atoms with van der Waals surface area (Å²) in [4.78, 5) is 4.81. The van der Waals surface area contributed by atoms with Gasteiger partial charge in [0.1, 0.15) is 7.05 Å². The van der Waals surface area contributed by atoms with Crippen molar-refractivity contribution in [3.8, 4) is 11.3 Å². The lowest BCUT2D eigenvalue weighted by Crippen LogP contribution is -2.30. The zero-order valence-corrected chi connectivity index (χ0v) is 16.1. The number of benzene rings is 1. The first-order valence-electron chi connectivity index (χ1n) is 9.10. The number of fused-ring (bicyclic) bond motifs is 3. The minimum absolute atomic E-state index is 0.201. The predicted molar refractivity (Wildman–Crippen MR) is 106 cm³/mol. The molecule has 0 fully saturated rings. The van der Waals surface area contributed by atoms with Gasteiger partial charge in [-0.15, -0.1) is 0 Å². The van der Waals surface area contributed by atoms with Crippen LogP contribution in [0.2, 0.25) is 0 Å². The highest BCUT2D eigenvalue weighted by atomic mass is 16.3. The second-order valence-corrected chi connectivity index (χ2v) is 8.33. The lowest BCUT2D eigenvalue weighted by Gasteiger charge is -2.16. The molecule has 4 aromatic rings. The van der Waals surface area contributed by atoms with Gasteiger partial charge in [0.2, 0.25) is 11.4 Å². The van der Waals surface area contributed by atoms with Gasteiger partial charge in [-0.1, -0.05) is 32.9 Å². The van der Waals surface area contributed by atoms with Crippen molar-refractivity contribution in [1.29, 1.82) is 0 Å². The standard InChI is InChI=1S/C23H25N2O/c1-15-9-11-17-18-12-10-16(14-23(2,3)4)24-22(18)26-21(17)20(15)19-8-6-7-13-25(19)5/h6-13H,14H2,1-5H3/q+1. The molecule has 0 saturated heterocycles. The Kier molecular flexibility index (Phi) is 3.83. The lowest BCUT2D eigenvalue weighted by atomic mass is 9.90. The van der Waals surface area contributed by atoms with Gasteiger partial charge in [0.25, 0.3) is 0 Å². The summed E-state index contributed by atoms with van der Waals surface area (Å²) in [6.45, 7) is 8.82. The predicted octanol–water partition coefficient (Wildman–Crippen LogP) is 5.37. The Hall–Kier alpha value is -2.68. The van der Waals surface area contributed by atoms with Gasteiger partial charge >= 0.3 is 0 Å². The monoisotopic (exact) mass is 345 g/mol. The molecule has 0 radical (unpaired) electrons. The van der Waals surface area contributed by atoms with E-state index in [2.05, 4.69) is 81.9 Å². The molecular formula is C23H25N2O+. The molecule has 1 aromatic carbocycles. The second-order valence-electron chi connectivity index (χ2n) is 8.33. The maximum absolute atomic E-state index is 6.30. The van der Waals surface area contributed by atoms with Crippen LogP contribution >= 0.6 is 0 Å². The van der Waals surface area contributed by atoms with E-state index >= 15 is 0 Å². The van der Waals surface area contributed by atoms with Crippen molar-refractivity contribution in [2.75, 3.05) is 0 Å². The van der Waals surface area contributed by atoms with Crippen molar-refractivity contribution in [2.45, 2.75) is 34.1 Å². The van der Waals surface area contributed by atoms with Crippen LogP contribution in [0.15, 0.2) is 53.1 Å². The molecular weight excluding hydrogens is 320 g/mol. The third-order valence-corrected chi connectivity index (χ3v) is 4.80. The summed E-state index contributed by atoms with van der Waals surface area (Å²) in [6, 6.07) is 14.8. The van der Waals surface area contributed by atoms with E-state index in [0.717, 1.165) is 45.4 Å². The molecule has 0 aliphatic rings. The first-order chi connectivity index (χ1) is 12.3. The van der Waals surface area contributed by atoms with Gasteiger partial charge in [0.05, 0.1) is 5.56 Å². The number of rotatable bonds is 2. The highest BCUT2D eigenvalue weighted by Gasteiger charge is 2.21. The molecule has 3 heterocycles. The normalized spacial score (nSPS) is 12.2. The van der Waals surface area contributed by atoms with Crippen molar-refractivity contribution < 1.29 is 8.98 Å². The van der Waals surface area contributed by atoms with Crippen molar-refractivity contribution in [1.82, 2.24) is 4.98 Å². The first-order valence-corrected chi connectivity index (χ1v) is 9.10. The van der Waals surface area contributed by atoms with E-state index in [9.17, 15) is 0 Å². The summed E-state index contributed by atoms with van der Waals surface area (Å²) in [5.74, 6) is 0. The molecule has 0 atom stereocenters. The number of pyridine rings is 2. The lowest BCUT2D eigenvalue weighted by molar-refractivity contribution is -0.660. The molecule has 26 heavy (non-hydrogen) atoms. The number of furan rings is 1. The first kappa shape index (κ1) is 16.8. The quantitative estimate of drug-likeness (QED) is 0.457. The highest BCUT2D eigenvalue weighted by Crippen LogP contribution is 2.36. The van der Waals surface area contributed by atoms with Crippen molar-refractivity contribution in [3.05, 3.63) is 59.9 Å². The molecule has 132 valence electrons. The summed E-state index contributed by atoms with van der Waals surface area (Å²) < 4.78 is 8.44. The fraction of sp³-hybridized carbons (Fsp3) is 0.304. The minimum atomic E-state index is 0.201. The van der Waals surface area contributed by atoms with Crippen LogP contribution in [0.3, 0.4) is 0 Å². The Balaban J connectivity index is 1.98. The second kappa shape index (κ2) is 5.94. The van der Waals surface area contributed by atoms with E-state index in [1.807, 2.05) is 6.07 Å². The minimum Gasteiger partial charge on any atom is -0.437 e. The van der Waals surface area contributed by atoms with Gasteiger partial charge in [0, 0.05) is 28.6 Å². The topological polar surface area (TPSA) is 29.9 Å². The third-order valence-electron chi connectivity index (χ3n) is 4.80. The maximum atomic E-state index is 6.30. The molecule has 3 heteroatoms. The number of aromatic nitrogens is 2. The van der Waals surface area contributed by atoms with Gasteiger partial charge in [-0.2, -0.15) is 0 Å². The van der Waals surface area contributed by atoms with E-state index in [0.29, 0.717) is 0 Å². The molecule has 3 nitrogen and oxygen atoms in total. The summed E-state index contributed by atoms with van der Waals surface area (Å²) in [7, 11) is 2.07. The summed E-state index contributed by atoms with van der Waals surface area (Å²) in [5, 5.41) is 2.21. The van der Waals surface area contributed by atoms with Crippen LogP contribution in [0.5, 0.6) is 0 Å². The van der Waals surface area contributed by atoms with E-state index in [1.165, 1.54) is 5.56 Å². The number of hydrogen-bond donors (Lipinski definition) is 0. The van der Waals surface area contributed by atoms with Crippen LogP contribution in [0.1, 0.15) is 32.0 Å². The molecule has 0 spiro atoms. The Morgan fingerprint density at radius 2 is 1.77 bits per heavy atom. The highest BCUT2D eigenvalue weighted by molar-refractivity contribution is 6.08. The Bertz CT molecular complexity index is 1120. The number of aryl methyl sites for hydroxylation is 2. The molecule has 0 amide bonds. The molecule has 0 saturated carbocycles. The molecule has 3 aromatic heterocycles. The van der Waals surface area contributed by atoms with Crippen molar-refractivity contribution >= 4 is 22.1 Å². The van der Waals surface area contributed by atoms with E-state index in [1.54, 1.807) is 0 Å². The van der Waals surface area contributed by atoms with E-state index < -0.39 is 0 Å². The van der Waals surface area contributed by atoms with Crippen LogP contribution in [0, 0.1) is 12.3 Å². The number of hydrogen-bond acceptors (Lipinski definition) is 2. The Morgan fingerprint density at radius 3 is 2.50 bits per heavy atom. The molecule has 0 unspecified atom stereocenters. The van der Waals surface area contributed by atoms with Gasteiger partial charge < -0.3 is 4.42 Å². The molecule has 0 aliphatic carbocycles. The largest absolute Gasteiger partial charge is 0.437 e. The summed E-state index contributed by atoms with van der Waals surface area (Å²) in [5.41, 5.74) is 6.41. The van der Waals surface area contributed by atoms with Crippen molar-refractivity contribution in [2.24, 2.45) is 12.5 Å². The fourth-order valence-electron chi connectivity index (χ4n) is 3.60. The maximum Gasteiger partial charge on any atom is 0.227 e. The molecule has 0 bridgehead atoms. The zero-order chi connectivity index (χ0) is 18.5. The smallest absolute Gasteiger partial charge is 0.227 e. The zero-order valence-electron chi connectivity index (χ0n) is 16.1. The Morgan fingerprint density at radius 1 is 1.00 bits per heavy atom. The van der Waals surface area contributed by atoms with Gasteiger partial charge in [0.15, 0.2) is 11.8 Å². The van der Waals surface area contributed by atoms with Crippen LogP contribution in [-0.2, 0) is 13.5 Å². The van der Waals surface area contributed by atoms with E-state index in [-0.39, 0.29) is 5.41 Å². The van der Waals surface area contributed by atoms with E-state index in [4.69, 9.17) is 9.40 Å². The van der Waals surface area contributed by atoms with Gasteiger partial charge in [-0.25, -0.2) is 9.55 Å². The van der Waals surface area contributed by atoms with Crippen LogP contribution < -0.4 is 4.57 Å². The third kappa shape index (κ3) is 2.88. The molecule has 4 rings (SSSR count). The average molecular weight is 345 g/mol. The molecule has 0 aliphatic heterocycles. The average Bonchev–Trinajstić information content (AvgIpc) is 2.92. The van der Waals surface area contributed by atoms with Gasteiger partial charge in [-0.3, -0.25) is 0 Å². The SMILES string of the molecule is Cc1ccc2c(oc3nc(CC(C)(C)C)ccc32)c1-c1cccc[n+]1C. The van der Waals surface area contributed by atoms with Gasteiger partial charge in [-0.05, 0) is 42.5 Å².